The molecule has 2 amide bonds. The molecule has 0 fully saturated rings. The van der Waals surface area contributed by atoms with Gasteiger partial charge in [0.05, 0.1) is 0 Å². The van der Waals surface area contributed by atoms with Crippen LogP contribution < -0.4 is 16.0 Å². The van der Waals surface area contributed by atoms with Gasteiger partial charge in [0.2, 0.25) is 5.91 Å². The summed E-state index contributed by atoms with van der Waals surface area (Å²) in [5.41, 5.74) is 1.22. The lowest BCUT2D eigenvalue weighted by molar-refractivity contribution is -0.122. The number of carbonyl (C=O) groups is 2. The topological polar surface area (TPSA) is 83.1 Å². The second-order valence-corrected chi connectivity index (χ2v) is 4.22. The van der Waals surface area contributed by atoms with Crippen molar-refractivity contribution in [1.29, 1.82) is 0 Å². The highest BCUT2D eigenvalue weighted by atomic mass is 16.2. The molecule has 6 nitrogen and oxygen atoms in total. The Morgan fingerprint density at radius 1 is 1.37 bits per heavy atom. The number of likely N-dealkylation sites (N-methyl/N-ethyl adjacent to an activating group) is 1. The Balaban J connectivity index is 2.78. The van der Waals surface area contributed by atoms with Crippen LogP contribution >= 0.6 is 0 Å². The van der Waals surface area contributed by atoms with Gasteiger partial charge in [-0.2, -0.15) is 0 Å². The molecule has 0 aliphatic rings. The molecular weight excluding hydrogens is 244 g/mol. The predicted octanol–water partition coefficient (Wildman–Crippen LogP) is 0.686. The van der Waals surface area contributed by atoms with Crippen LogP contribution in [0.25, 0.3) is 0 Å². The summed E-state index contributed by atoms with van der Waals surface area (Å²) in [5.74, 6) is 0.132. The minimum atomic E-state index is -0.570. The summed E-state index contributed by atoms with van der Waals surface area (Å²) in [7, 11) is 1.74. The fraction of sp³-hybridized carbons (Fsp3) is 0.462. The fourth-order valence-electron chi connectivity index (χ4n) is 1.60. The summed E-state index contributed by atoms with van der Waals surface area (Å²) in [6.45, 7) is 5.83. The van der Waals surface area contributed by atoms with Crippen molar-refractivity contribution in [3.63, 3.8) is 0 Å². The molecule has 19 heavy (non-hydrogen) atoms. The van der Waals surface area contributed by atoms with Crippen molar-refractivity contribution in [2.24, 2.45) is 0 Å². The molecule has 6 heteroatoms. The van der Waals surface area contributed by atoms with E-state index in [1.165, 1.54) is 0 Å². The van der Waals surface area contributed by atoms with Crippen molar-refractivity contribution < 1.29 is 9.59 Å². The molecule has 0 aliphatic heterocycles. The predicted molar refractivity (Wildman–Crippen MR) is 74.1 cm³/mol. The van der Waals surface area contributed by atoms with Crippen molar-refractivity contribution >= 4 is 17.6 Å². The average Bonchev–Trinajstić information content (AvgIpc) is 2.38. The third-order valence-corrected chi connectivity index (χ3v) is 2.56. The molecule has 1 unspecified atom stereocenters. The summed E-state index contributed by atoms with van der Waals surface area (Å²) in [6.07, 6.45) is 0. The number of carbonyl (C=O) groups excluding carboxylic acids is 2. The lowest BCUT2D eigenvalue weighted by atomic mass is 10.2. The molecule has 0 saturated heterocycles. The minimum Gasteiger partial charge on any atom is -0.373 e. The molecule has 104 valence electrons. The Bertz CT molecular complexity index is 474. The van der Waals surface area contributed by atoms with E-state index in [0.717, 1.165) is 5.69 Å². The van der Waals surface area contributed by atoms with Crippen molar-refractivity contribution in [2.75, 3.05) is 18.9 Å². The van der Waals surface area contributed by atoms with E-state index in [2.05, 4.69) is 20.9 Å². The van der Waals surface area contributed by atoms with Crippen LogP contribution in [-0.2, 0) is 4.79 Å². The van der Waals surface area contributed by atoms with E-state index in [1.807, 2.05) is 13.8 Å². The van der Waals surface area contributed by atoms with E-state index in [4.69, 9.17) is 0 Å². The average molecular weight is 264 g/mol. The number of nitrogens with one attached hydrogen (secondary N) is 3. The number of amides is 2. The molecule has 0 saturated carbocycles. The second kappa shape index (κ2) is 6.72. The van der Waals surface area contributed by atoms with Crippen molar-refractivity contribution in [1.82, 2.24) is 15.6 Å². The van der Waals surface area contributed by atoms with Crippen LogP contribution in [0.2, 0.25) is 0 Å². The molecule has 1 aromatic rings. The summed E-state index contributed by atoms with van der Waals surface area (Å²) >= 11 is 0. The number of aryl methyl sites for hydroxylation is 1. The van der Waals surface area contributed by atoms with Gasteiger partial charge in [0, 0.05) is 24.8 Å². The maximum atomic E-state index is 12.0. The number of aromatic nitrogens is 1. The first-order chi connectivity index (χ1) is 8.97. The summed E-state index contributed by atoms with van der Waals surface area (Å²) in [6, 6.07) is 2.76. The standard InChI is InChI=1S/C13H20N4O2/c1-5-15-12(18)9(3)17-13(19)10-6-8(2)16-11(7-10)14-4/h6-7,9H,5H2,1-4H3,(H,14,16)(H,15,18)(H,17,19). The summed E-state index contributed by atoms with van der Waals surface area (Å²) in [4.78, 5) is 27.8. The van der Waals surface area contributed by atoms with Crippen LogP contribution in [0.3, 0.4) is 0 Å². The van der Waals surface area contributed by atoms with Crippen molar-refractivity contribution in [2.45, 2.75) is 26.8 Å². The Morgan fingerprint density at radius 2 is 2.05 bits per heavy atom. The molecule has 1 rings (SSSR count). The monoisotopic (exact) mass is 264 g/mol. The maximum absolute atomic E-state index is 12.0. The quantitative estimate of drug-likeness (QED) is 0.730. The number of pyridine rings is 1. The Morgan fingerprint density at radius 3 is 2.63 bits per heavy atom. The first kappa shape index (κ1) is 14.9. The third kappa shape index (κ3) is 4.24. The van der Waals surface area contributed by atoms with Gasteiger partial charge < -0.3 is 16.0 Å². The highest BCUT2D eigenvalue weighted by Crippen LogP contribution is 2.09. The number of hydrogen-bond acceptors (Lipinski definition) is 4. The van der Waals surface area contributed by atoms with Crippen molar-refractivity contribution in [3.8, 4) is 0 Å². The lowest BCUT2D eigenvalue weighted by Gasteiger charge is -2.14. The zero-order valence-electron chi connectivity index (χ0n) is 11.7. The Hall–Kier alpha value is -2.11. The summed E-state index contributed by atoms with van der Waals surface area (Å²) in [5, 5.41) is 8.20. The van der Waals surface area contributed by atoms with Gasteiger partial charge in [-0.05, 0) is 32.9 Å². The van der Waals surface area contributed by atoms with Gasteiger partial charge in [0.1, 0.15) is 11.9 Å². The third-order valence-electron chi connectivity index (χ3n) is 2.56. The smallest absolute Gasteiger partial charge is 0.252 e. The zero-order chi connectivity index (χ0) is 14.4. The van der Waals surface area contributed by atoms with Crippen LogP contribution in [0.5, 0.6) is 0 Å². The van der Waals surface area contributed by atoms with Gasteiger partial charge >= 0.3 is 0 Å². The number of nitrogens with zero attached hydrogens (tertiary/aromatic N) is 1. The molecule has 0 spiro atoms. The van der Waals surface area contributed by atoms with E-state index < -0.39 is 6.04 Å². The molecule has 1 aromatic heterocycles. The highest BCUT2D eigenvalue weighted by molar-refractivity contribution is 5.98. The molecule has 3 N–H and O–H groups in total. The molecule has 0 aromatic carbocycles. The Labute approximate surface area is 113 Å². The number of hydrogen-bond donors (Lipinski definition) is 3. The first-order valence-electron chi connectivity index (χ1n) is 6.23. The highest BCUT2D eigenvalue weighted by Gasteiger charge is 2.16. The van der Waals surface area contributed by atoms with Gasteiger partial charge in [-0.15, -0.1) is 0 Å². The fourth-order valence-corrected chi connectivity index (χ4v) is 1.60. The van der Waals surface area contributed by atoms with E-state index in [1.54, 1.807) is 26.1 Å². The van der Waals surface area contributed by atoms with Gasteiger partial charge in [0.25, 0.3) is 5.91 Å². The largest absolute Gasteiger partial charge is 0.373 e. The van der Waals surface area contributed by atoms with Gasteiger partial charge in [-0.1, -0.05) is 0 Å². The molecule has 0 aliphatic carbocycles. The van der Waals surface area contributed by atoms with E-state index in [9.17, 15) is 9.59 Å². The van der Waals surface area contributed by atoms with E-state index in [0.29, 0.717) is 17.9 Å². The molecule has 1 atom stereocenters. The zero-order valence-corrected chi connectivity index (χ0v) is 11.7. The Kier molecular flexibility index (Phi) is 5.29. The van der Waals surface area contributed by atoms with E-state index in [-0.39, 0.29) is 11.8 Å². The summed E-state index contributed by atoms with van der Waals surface area (Å²) < 4.78 is 0. The van der Waals surface area contributed by atoms with Crippen LogP contribution in [0, 0.1) is 6.92 Å². The van der Waals surface area contributed by atoms with Gasteiger partial charge in [-0.3, -0.25) is 9.59 Å². The molecule has 0 bridgehead atoms. The minimum absolute atomic E-state index is 0.199. The van der Waals surface area contributed by atoms with Crippen LogP contribution in [0.15, 0.2) is 12.1 Å². The van der Waals surface area contributed by atoms with Gasteiger partial charge in [0.15, 0.2) is 0 Å². The van der Waals surface area contributed by atoms with Crippen LogP contribution in [-0.4, -0.2) is 36.4 Å². The molecule has 0 radical (unpaired) electrons. The maximum Gasteiger partial charge on any atom is 0.252 e. The van der Waals surface area contributed by atoms with Crippen LogP contribution in [0.1, 0.15) is 29.9 Å². The van der Waals surface area contributed by atoms with Crippen molar-refractivity contribution in [3.05, 3.63) is 23.4 Å². The molecule has 1 heterocycles. The number of rotatable bonds is 5. The molecular formula is C13H20N4O2. The van der Waals surface area contributed by atoms with Gasteiger partial charge in [-0.25, -0.2) is 4.98 Å². The SMILES string of the molecule is CCNC(=O)C(C)NC(=O)c1cc(C)nc(NC)c1. The normalized spacial score (nSPS) is 11.6. The van der Waals surface area contributed by atoms with Crippen LogP contribution in [0.4, 0.5) is 5.82 Å². The lowest BCUT2D eigenvalue weighted by Crippen LogP contribution is -2.44. The van der Waals surface area contributed by atoms with E-state index >= 15 is 0 Å². The second-order valence-electron chi connectivity index (χ2n) is 4.22. The first-order valence-corrected chi connectivity index (χ1v) is 6.23. The number of anilines is 1.